The molecular weight excluding hydrogens is 336 g/mol. The van der Waals surface area contributed by atoms with Crippen LogP contribution in [-0.4, -0.2) is 26.2 Å². The van der Waals surface area contributed by atoms with Crippen LogP contribution in [-0.2, 0) is 19.4 Å². The molecule has 2 fully saturated rings. The quantitative estimate of drug-likeness (QED) is 0.458. The molecule has 0 radical (unpaired) electrons. The van der Waals surface area contributed by atoms with Crippen LogP contribution in [0.4, 0.5) is 0 Å². The molecule has 0 saturated heterocycles. The Hall–Kier alpha value is -1.84. The van der Waals surface area contributed by atoms with Gasteiger partial charge in [-0.05, 0) is 42.7 Å². The Morgan fingerprint density at radius 3 is 2.64 bits per heavy atom. The van der Waals surface area contributed by atoms with Crippen LogP contribution in [0, 0.1) is 16.7 Å². The summed E-state index contributed by atoms with van der Waals surface area (Å²) >= 11 is 0. The highest BCUT2D eigenvalue weighted by Crippen LogP contribution is 2.67. The summed E-state index contributed by atoms with van der Waals surface area (Å²) in [5.41, 5.74) is 1.67. The van der Waals surface area contributed by atoms with Gasteiger partial charge in [-0.3, -0.25) is 0 Å². The maximum absolute atomic E-state index is 13.0. The molecule has 25 heavy (non-hydrogen) atoms. The molecule has 0 amide bonds. The molecule has 0 N–H and O–H groups in total. The van der Waals surface area contributed by atoms with Gasteiger partial charge in [-0.15, -0.1) is 5.73 Å². The summed E-state index contributed by atoms with van der Waals surface area (Å²) in [7, 11) is -3.47. The SMILES string of the molecule is C=C=CC(=O)OC1CC2CCC1(CS(=O)(=O)c1ccccc1)C2(C)C. The van der Waals surface area contributed by atoms with Crippen LogP contribution in [0.15, 0.2) is 53.6 Å². The molecule has 4 nitrogen and oxygen atoms in total. The Kier molecular flexibility index (Phi) is 4.42. The van der Waals surface area contributed by atoms with Crippen LogP contribution in [0.3, 0.4) is 0 Å². The van der Waals surface area contributed by atoms with Crippen LogP contribution >= 0.6 is 0 Å². The van der Waals surface area contributed by atoms with E-state index in [4.69, 9.17) is 4.74 Å². The monoisotopic (exact) mass is 360 g/mol. The average Bonchev–Trinajstić information content (AvgIpc) is 2.90. The van der Waals surface area contributed by atoms with Gasteiger partial charge in [0.15, 0.2) is 9.84 Å². The average molecular weight is 360 g/mol. The second-order valence-electron chi connectivity index (χ2n) is 7.70. The van der Waals surface area contributed by atoms with Crippen LogP contribution < -0.4 is 0 Å². The molecule has 2 aliphatic rings. The summed E-state index contributed by atoms with van der Waals surface area (Å²) in [6.07, 6.45) is 3.22. The summed E-state index contributed by atoms with van der Waals surface area (Å²) in [5, 5.41) is 0. The second kappa shape index (κ2) is 6.15. The van der Waals surface area contributed by atoms with Crippen molar-refractivity contribution in [3.8, 4) is 0 Å². The molecule has 0 aliphatic heterocycles. The molecule has 0 aromatic heterocycles. The minimum absolute atomic E-state index is 0.00324. The fourth-order valence-electron chi connectivity index (χ4n) is 4.81. The molecule has 1 aromatic rings. The third-order valence-corrected chi connectivity index (χ3v) is 8.27. The molecule has 5 heteroatoms. The predicted molar refractivity (Wildman–Crippen MR) is 95.6 cm³/mol. The maximum atomic E-state index is 13.0. The molecule has 3 rings (SSSR count). The smallest absolute Gasteiger partial charge is 0.338 e. The van der Waals surface area contributed by atoms with Crippen LogP contribution in [0.1, 0.15) is 33.1 Å². The highest BCUT2D eigenvalue weighted by molar-refractivity contribution is 7.91. The molecule has 0 heterocycles. The second-order valence-corrected chi connectivity index (χ2v) is 9.68. The Balaban J connectivity index is 1.97. The molecule has 2 bridgehead atoms. The van der Waals surface area contributed by atoms with Crippen molar-refractivity contribution < 1.29 is 17.9 Å². The van der Waals surface area contributed by atoms with Crippen molar-refractivity contribution in [2.75, 3.05) is 5.75 Å². The predicted octanol–water partition coefficient (Wildman–Crippen LogP) is 3.54. The Labute approximate surface area is 149 Å². The zero-order valence-electron chi connectivity index (χ0n) is 14.7. The number of hydrogen-bond acceptors (Lipinski definition) is 4. The molecule has 3 unspecified atom stereocenters. The van der Waals surface area contributed by atoms with E-state index in [0.717, 1.165) is 12.8 Å². The number of benzene rings is 1. The normalized spacial score (nSPS) is 29.8. The first-order chi connectivity index (χ1) is 11.7. The highest BCUT2D eigenvalue weighted by atomic mass is 32.2. The van der Waals surface area contributed by atoms with E-state index in [2.05, 4.69) is 26.2 Å². The minimum atomic E-state index is -3.47. The summed E-state index contributed by atoms with van der Waals surface area (Å²) in [4.78, 5) is 12.3. The van der Waals surface area contributed by atoms with Crippen molar-refractivity contribution in [1.29, 1.82) is 0 Å². The largest absolute Gasteiger partial charge is 0.458 e. The van der Waals surface area contributed by atoms with E-state index < -0.39 is 27.3 Å². The van der Waals surface area contributed by atoms with E-state index in [1.165, 1.54) is 6.08 Å². The topological polar surface area (TPSA) is 60.4 Å². The standard InChI is InChI=1S/C20H24O4S/c1-4-8-18(21)24-17-13-15-11-12-20(17,19(15,2)3)14-25(22,23)16-9-6-5-7-10-16/h5-10,15,17H,1,11-14H2,2-3H3. The third-order valence-electron chi connectivity index (χ3n) is 6.39. The fraction of sp³-hybridized carbons (Fsp3) is 0.500. The minimum Gasteiger partial charge on any atom is -0.458 e. The van der Waals surface area contributed by atoms with E-state index in [9.17, 15) is 13.2 Å². The number of fused-ring (bicyclic) bond motifs is 2. The number of carbonyl (C=O) groups excluding carboxylic acids is 1. The van der Waals surface area contributed by atoms with Crippen molar-refractivity contribution in [3.05, 3.63) is 48.7 Å². The van der Waals surface area contributed by atoms with Gasteiger partial charge >= 0.3 is 5.97 Å². The van der Waals surface area contributed by atoms with Crippen molar-refractivity contribution in [3.63, 3.8) is 0 Å². The first-order valence-electron chi connectivity index (χ1n) is 8.57. The maximum Gasteiger partial charge on any atom is 0.338 e. The number of rotatable bonds is 5. The van der Waals surface area contributed by atoms with Gasteiger partial charge in [0.25, 0.3) is 0 Å². The van der Waals surface area contributed by atoms with Crippen LogP contribution in [0.5, 0.6) is 0 Å². The fourth-order valence-corrected chi connectivity index (χ4v) is 6.93. The van der Waals surface area contributed by atoms with Gasteiger partial charge < -0.3 is 4.74 Å². The number of hydrogen-bond donors (Lipinski definition) is 0. The summed E-state index contributed by atoms with van der Waals surface area (Å²) in [6.45, 7) is 7.62. The Morgan fingerprint density at radius 1 is 1.36 bits per heavy atom. The lowest BCUT2D eigenvalue weighted by Gasteiger charge is -2.41. The van der Waals surface area contributed by atoms with Crippen molar-refractivity contribution in [2.24, 2.45) is 16.7 Å². The van der Waals surface area contributed by atoms with Gasteiger partial charge in [0.1, 0.15) is 6.10 Å². The van der Waals surface area contributed by atoms with Crippen LogP contribution in [0.25, 0.3) is 0 Å². The van der Waals surface area contributed by atoms with Crippen molar-refractivity contribution >= 4 is 15.8 Å². The summed E-state index contributed by atoms with van der Waals surface area (Å²) in [6, 6.07) is 8.51. The lowest BCUT2D eigenvalue weighted by Crippen LogP contribution is -2.46. The summed E-state index contributed by atoms with van der Waals surface area (Å²) < 4.78 is 31.7. The van der Waals surface area contributed by atoms with E-state index in [1.54, 1.807) is 30.3 Å². The first-order valence-corrected chi connectivity index (χ1v) is 10.2. The Morgan fingerprint density at radius 2 is 2.04 bits per heavy atom. The van der Waals surface area contributed by atoms with E-state index in [-0.39, 0.29) is 11.2 Å². The molecule has 1 aromatic carbocycles. The lowest BCUT2D eigenvalue weighted by atomic mass is 9.69. The van der Waals surface area contributed by atoms with Gasteiger partial charge in [0.05, 0.1) is 16.7 Å². The lowest BCUT2D eigenvalue weighted by molar-refractivity contribution is -0.150. The van der Waals surface area contributed by atoms with Crippen LogP contribution in [0.2, 0.25) is 0 Å². The first kappa shape index (κ1) is 18.0. The molecule has 134 valence electrons. The van der Waals surface area contributed by atoms with Gasteiger partial charge in [0.2, 0.25) is 0 Å². The van der Waals surface area contributed by atoms with Gasteiger partial charge in [-0.25, -0.2) is 13.2 Å². The zero-order chi connectivity index (χ0) is 18.3. The molecule has 0 spiro atoms. The molecule has 3 atom stereocenters. The number of carbonyl (C=O) groups is 1. The van der Waals surface area contributed by atoms with Crippen molar-refractivity contribution in [2.45, 2.75) is 44.1 Å². The van der Waals surface area contributed by atoms with E-state index in [0.29, 0.717) is 17.2 Å². The number of esters is 1. The number of sulfone groups is 1. The van der Waals surface area contributed by atoms with Gasteiger partial charge in [0, 0.05) is 5.41 Å². The Bertz CT molecular complexity index is 819. The molecule has 2 saturated carbocycles. The third kappa shape index (κ3) is 2.86. The highest BCUT2D eigenvalue weighted by Gasteiger charge is 2.66. The van der Waals surface area contributed by atoms with E-state index in [1.807, 2.05) is 0 Å². The van der Waals surface area contributed by atoms with Crippen molar-refractivity contribution in [1.82, 2.24) is 0 Å². The zero-order valence-corrected chi connectivity index (χ0v) is 15.5. The van der Waals surface area contributed by atoms with Gasteiger partial charge in [-0.2, -0.15) is 0 Å². The molecular formula is C20H24O4S. The van der Waals surface area contributed by atoms with Gasteiger partial charge in [-0.1, -0.05) is 38.6 Å². The van der Waals surface area contributed by atoms with E-state index >= 15 is 0 Å². The summed E-state index contributed by atoms with van der Waals surface area (Å²) in [5.74, 6) is -0.132. The molecule has 2 aliphatic carbocycles. The number of ether oxygens (including phenoxy) is 1.